The number of pyridine rings is 2. The fraction of sp³-hybridized carbons (Fsp3) is 0.0294. The number of benzene rings is 4. The molecule has 0 unspecified atom stereocenters. The summed E-state index contributed by atoms with van der Waals surface area (Å²) >= 11 is 15.5. The molecule has 1 radical (unpaired) electrons. The van der Waals surface area contributed by atoms with Crippen molar-refractivity contribution in [1.29, 1.82) is 0 Å². The summed E-state index contributed by atoms with van der Waals surface area (Å²) in [5.41, 5.74) is 3.99. The molecule has 0 aliphatic rings. The molecule has 0 atom stereocenters. The van der Waals surface area contributed by atoms with Gasteiger partial charge >= 0.3 is 17.1 Å². The first-order valence-electron chi connectivity index (χ1n) is 13.0. The third-order valence-corrected chi connectivity index (χ3v) is 6.32. The fourth-order valence-electron chi connectivity index (χ4n) is 3.90. The number of isothiocyanates is 1. The summed E-state index contributed by atoms with van der Waals surface area (Å²) in [7, 11) is 1.00. The molecule has 0 spiro atoms. The van der Waals surface area contributed by atoms with Gasteiger partial charge in [-0.25, -0.2) is 0 Å². The number of aliphatic hydroxyl groups excluding tert-OH is 1. The molecular weight excluding hydrogens is 685 g/mol. The van der Waals surface area contributed by atoms with Gasteiger partial charge in [0.1, 0.15) is 0 Å². The molecular formula is C34H24Cl2FeN5O3S. The number of thiocarbonyl (C=S) groups is 1. The van der Waals surface area contributed by atoms with Crippen LogP contribution in [0.3, 0.4) is 0 Å². The smallest absolute Gasteiger partial charge is 0.872 e. The van der Waals surface area contributed by atoms with Gasteiger partial charge in [-0.3, -0.25) is 20.0 Å². The Bertz CT molecular complexity index is 1840. The number of para-hydroxylation sites is 2. The maximum atomic E-state index is 11.7. The molecule has 46 heavy (non-hydrogen) atoms. The minimum absolute atomic E-state index is 0. The number of aliphatic imine (C=N–C) groups is 2. The average Bonchev–Trinajstić information content (AvgIpc) is 3.07. The number of fused-ring (bicyclic) bond motifs is 2. The summed E-state index contributed by atoms with van der Waals surface area (Å²) in [5.74, 6) is -0.210. The van der Waals surface area contributed by atoms with Gasteiger partial charge in [0, 0.05) is 52.8 Å². The molecule has 12 heteroatoms. The zero-order chi connectivity index (χ0) is 32.6. The van der Waals surface area contributed by atoms with Crippen molar-refractivity contribution in [2.45, 2.75) is 0 Å². The fourth-order valence-corrected chi connectivity index (χ4v) is 4.26. The quantitative estimate of drug-likeness (QED) is 0.113. The van der Waals surface area contributed by atoms with Crippen LogP contribution < -0.4 is 10.2 Å². The number of aromatic nitrogens is 2. The van der Waals surface area contributed by atoms with Crippen molar-refractivity contribution in [3.63, 3.8) is 0 Å². The van der Waals surface area contributed by atoms with Gasteiger partial charge in [0.2, 0.25) is 0 Å². The Morgan fingerprint density at radius 3 is 1.46 bits per heavy atom. The molecule has 0 saturated heterocycles. The molecule has 0 amide bonds. The van der Waals surface area contributed by atoms with Gasteiger partial charge in [0.25, 0.3) is 0 Å². The van der Waals surface area contributed by atoms with E-state index in [4.69, 9.17) is 33.7 Å². The minimum Gasteiger partial charge on any atom is -0.872 e. The first-order chi connectivity index (χ1) is 21.9. The Labute approximate surface area is 291 Å². The van der Waals surface area contributed by atoms with Crippen LogP contribution in [0.5, 0.6) is 11.5 Å². The van der Waals surface area contributed by atoms with Gasteiger partial charge in [-0.15, -0.1) is 0 Å². The number of rotatable bonds is 4. The number of aliphatic hydroxyl groups is 1. The van der Waals surface area contributed by atoms with Gasteiger partial charge < -0.3 is 20.7 Å². The van der Waals surface area contributed by atoms with E-state index in [0.717, 1.165) is 40.3 Å². The number of hydrogen-bond acceptors (Lipinski definition) is 8. The van der Waals surface area contributed by atoms with E-state index in [9.17, 15) is 10.2 Å². The topological polar surface area (TPSA) is 139 Å². The number of nitrogens with zero attached hydrogens (tertiary/aromatic N) is 5. The second-order valence-corrected chi connectivity index (χ2v) is 9.73. The number of halogens is 2. The molecule has 6 aromatic rings. The first kappa shape index (κ1) is 37.7. The van der Waals surface area contributed by atoms with Crippen LogP contribution in [0.25, 0.3) is 27.2 Å². The van der Waals surface area contributed by atoms with Crippen molar-refractivity contribution >= 4 is 86.2 Å². The Morgan fingerprint density at radius 2 is 1.07 bits per heavy atom. The van der Waals surface area contributed by atoms with Crippen molar-refractivity contribution in [3.05, 3.63) is 136 Å². The van der Waals surface area contributed by atoms with Crippen LogP contribution in [-0.4, -0.2) is 39.8 Å². The molecule has 4 aromatic carbocycles. The van der Waals surface area contributed by atoms with E-state index >= 15 is 0 Å². The predicted octanol–water partition coefficient (Wildman–Crippen LogP) is 7.69. The van der Waals surface area contributed by atoms with Crippen molar-refractivity contribution in [2.75, 3.05) is 7.11 Å². The molecule has 0 bridgehead atoms. The summed E-state index contributed by atoms with van der Waals surface area (Å²) in [6.45, 7) is 0. The second kappa shape index (κ2) is 19.8. The number of hydrogen-bond donors (Lipinski definition) is 1. The Balaban J connectivity index is 0.000000276. The van der Waals surface area contributed by atoms with E-state index in [1.54, 1.807) is 36.7 Å². The van der Waals surface area contributed by atoms with Gasteiger partial charge in [-0.2, -0.15) is 5.16 Å². The van der Waals surface area contributed by atoms with Crippen LogP contribution in [0, 0.1) is 0 Å². The van der Waals surface area contributed by atoms with Crippen molar-refractivity contribution in [1.82, 2.24) is 9.97 Å². The van der Waals surface area contributed by atoms with E-state index < -0.39 is 0 Å². The van der Waals surface area contributed by atoms with Crippen LogP contribution in [0.4, 0.5) is 11.4 Å². The Kier molecular flexibility index (Phi) is 16.2. The molecule has 1 N–H and O–H groups in total. The molecule has 0 aliphatic carbocycles. The van der Waals surface area contributed by atoms with Gasteiger partial charge in [0.05, 0.1) is 22.4 Å². The second-order valence-electron chi connectivity index (χ2n) is 8.68. The van der Waals surface area contributed by atoms with Crippen molar-refractivity contribution < 1.29 is 32.4 Å². The summed E-state index contributed by atoms with van der Waals surface area (Å²) in [5, 5.41) is 41.9. The van der Waals surface area contributed by atoms with E-state index in [-0.39, 0.29) is 28.6 Å². The normalized spacial score (nSPS) is 10.1. The molecule has 0 saturated carbocycles. The molecule has 231 valence electrons. The van der Waals surface area contributed by atoms with Gasteiger partial charge in [-0.05, 0) is 59.7 Å². The summed E-state index contributed by atoms with van der Waals surface area (Å²) < 4.78 is 0. The van der Waals surface area contributed by atoms with Crippen LogP contribution >= 0.6 is 35.4 Å². The monoisotopic (exact) mass is 708 g/mol. The standard InChI is InChI=1S/2C16H11ClN2O.CNS.CH4O.Fe/c2*17-13-6-7-15(20)12(9-13)10-19-14-5-1-3-11-4-2-8-18-16(11)14;2-1-3;1-2;/h2*1-10,20H;;2H,1H3;/q;;-1;;+3/p-2. The molecule has 2 aromatic heterocycles. The van der Waals surface area contributed by atoms with Crippen LogP contribution in [-0.2, 0) is 17.1 Å². The molecule has 6 rings (SSSR count). The third-order valence-electron chi connectivity index (χ3n) is 5.85. The van der Waals surface area contributed by atoms with Crippen LogP contribution in [0.1, 0.15) is 11.1 Å². The van der Waals surface area contributed by atoms with Crippen LogP contribution in [0.15, 0.2) is 119 Å². The summed E-state index contributed by atoms with van der Waals surface area (Å²) in [6, 6.07) is 28.4. The molecule has 0 aliphatic heterocycles. The maximum Gasteiger partial charge on any atom is 3.00 e. The molecule has 8 nitrogen and oxygen atoms in total. The van der Waals surface area contributed by atoms with Gasteiger partial charge in [-0.1, -0.05) is 95.4 Å². The van der Waals surface area contributed by atoms with E-state index in [1.165, 1.54) is 29.7 Å². The van der Waals surface area contributed by atoms with E-state index in [0.29, 0.717) is 21.2 Å². The van der Waals surface area contributed by atoms with E-state index in [1.807, 2.05) is 60.7 Å². The van der Waals surface area contributed by atoms with Gasteiger partial charge in [0.15, 0.2) is 0 Å². The largest absolute Gasteiger partial charge is 3.00 e. The van der Waals surface area contributed by atoms with E-state index in [2.05, 4.69) is 32.2 Å². The SMILES string of the molecule is CO.[Fe+3].[N-]=C=S.[O-]c1ccc(Cl)cc1C=Nc1cccc2cccnc12.[O-]c1ccc(Cl)cc1C=Nc1cccc2cccnc12. The van der Waals surface area contributed by atoms with Crippen molar-refractivity contribution in [3.8, 4) is 11.5 Å². The summed E-state index contributed by atoms with van der Waals surface area (Å²) in [4.78, 5) is 17.4. The van der Waals surface area contributed by atoms with Crippen molar-refractivity contribution in [2.24, 2.45) is 9.98 Å². The Morgan fingerprint density at radius 1 is 0.696 bits per heavy atom. The predicted molar refractivity (Wildman–Crippen MR) is 184 cm³/mol. The zero-order valence-electron chi connectivity index (χ0n) is 24.1. The molecule has 0 fully saturated rings. The first-order valence-corrected chi connectivity index (χ1v) is 14.2. The maximum absolute atomic E-state index is 11.7. The zero-order valence-corrected chi connectivity index (χ0v) is 27.5. The minimum atomic E-state index is -0.105. The molecule has 2 heterocycles. The Hall–Kier alpha value is -4.50. The third kappa shape index (κ3) is 10.8. The summed E-state index contributed by atoms with van der Waals surface area (Å²) in [6.07, 6.45) is 6.49. The average molecular weight is 709 g/mol. The van der Waals surface area contributed by atoms with Crippen LogP contribution in [0.2, 0.25) is 10.0 Å².